The SMILES string of the molecule is COc1cc(O[C@@H]2O[C@H](CO)[C@@H](O)[C@@H](O)[C@H]2O[C@@H]2OC[C@@](O)(COC(=O)/C=C/c3ccc(O)cc3)[C@H]2O)ccc1O. The van der Waals surface area contributed by atoms with Crippen molar-refractivity contribution in [3.63, 3.8) is 0 Å². The Labute approximate surface area is 234 Å². The Morgan fingerprint density at radius 1 is 1.07 bits per heavy atom. The fourth-order valence-corrected chi connectivity index (χ4v) is 4.21. The number of carbonyl (C=O) groups is 1. The molecule has 0 amide bonds. The minimum Gasteiger partial charge on any atom is -0.508 e. The third-order valence-electron chi connectivity index (χ3n) is 6.59. The Morgan fingerprint density at radius 2 is 1.80 bits per heavy atom. The lowest BCUT2D eigenvalue weighted by Gasteiger charge is -2.42. The number of carbonyl (C=O) groups excluding carboxylic acids is 1. The summed E-state index contributed by atoms with van der Waals surface area (Å²) in [6, 6.07) is 10.00. The van der Waals surface area contributed by atoms with Crippen LogP contribution in [0.4, 0.5) is 0 Å². The number of aliphatic hydroxyl groups excluding tert-OH is 4. The summed E-state index contributed by atoms with van der Waals surface area (Å²) in [5.74, 6) is -0.751. The van der Waals surface area contributed by atoms with Crippen molar-refractivity contribution in [2.45, 2.75) is 48.7 Å². The van der Waals surface area contributed by atoms with Gasteiger partial charge < -0.3 is 64.2 Å². The number of phenolic OH excluding ortho intramolecular Hbond substituents is 2. The minimum atomic E-state index is -2.08. The van der Waals surface area contributed by atoms with Gasteiger partial charge >= 0.3 is 5.97 Å². The molecule has 2 aromatic rings. The van der Waals surface area contributed by atoms with Gasteiger partial charge in [-0.05, 0) is 35.9 Å². The van der Waals surface area contributed by atoms with Gasteiger partial charge in [-0.1, -0.05) is 12.1 Å². The molecule has 7 N–H and O–H groups in total. The quantitative estimate of drug-likeness (QED) is 0.133. The van der Waals surface area contributed by atoms with Gasteiger partial charge in [-0.25, -0.2) is 4.79 Å². The third kappa shape index (κ3) is 7.06. The highest BCUT2D eigenvalue weighted by molar-refractivity contribution is 5.87. The lowest BCUT2D eigenvalue weighted by atomic mass is 9.98. The predicted molar refractivity (Wildman–Crippen MR) is 137 cm³/mol. The van der Waals surface area contributed by atoms with Crippen LogP contribution in [0.25, 0.3) is 6.08 Å². The highest BCUT2D eigenvalue weighted by Crippen LogP contribution is 2.34. The van der Waals surface area contributed by atoms with E-state index in [4.69, 9.17) is 28.4 Å². The monoisotopic (exact) mass is 580 g/mol. The van der Waals surface area contributed by atoms with Gasteiger partial charge in [0.05, 0.1) is 20.3 Å². The third-order valence-corrected chi connectivity index (χ3v) is 6.59. The smallest absolute Gasteiger partial charge is 0.330 e. The van der Waals surface area contributed by atoms with E-state index in [0.717, 1.165) is 6.08 Å². The Bertz CT molecular complexity index is 1200. The van der Waals surface area contributed by atoms with Gasteiger partial charge in [0.1, 0.15) is 42.5 Å². The van der Waals surface area contributed by atoms with Crippen molar-refractivity contribution in [3.8, 4) is 23.0 Å². The van der Waals surface area contributed by atoms with E-state index in [0.29, 0.717) is 5.56 Å². The normalized spacial score (nSPS) is 31.7. The van der Waals surface area contributed by atoms with E-state index in [1.807, 2.05) is 0 Å². The predicted octanol–water partition coefficient (Wildman–Crippen LogP) is -0.986. The summed E-state index contributed by atoms with van der Waals surface area (Å²) in [6.07, 6.45) is -8.36. The average molecular weight is 581 g/mol. The van der Waals surface area contributed by atoms with Crippen molar-refractivity contribution in [2.24, 2.45) is 0 Å². The van der Waals surface area contributed by atoms with E-state index >= 15 is 0 Å². The Balaban J connectivity index is 1.41. The molecule has 0 spiro atoms. The second kappa shape index (κ2) is 13.0. The highest BCUT2D eigenvalue weighted by Gasteiger charge is 2.54. The summed E-state index contributed by atoms with van der Waals surface area (Å²) in [5, 5.41) is 71.5. The van der Waals surface area contributed by atoms with Crippen LogP contribution in [0.1, 0.15) is 5.56 Å². The first-order chi connectivity index (χ1) is 19.5. The molecule has 41 heavy (non-hydrogen) atoms. The molecule has 2 heterocycles. The molecule has 0 aliphatic carbocycles. The van der Waals surface area contributed by atoms with Crippen molar-refractivity contribution in [1.29, 1.82) is 0 Å². The van der Waals surface area contributed by atoms with Crippen molar-refractivity contribution < 1.29 is 69.0 Å². The van der Waals surface area contributed by atoms with Crippen LogP contribution in [-0.4, -0.2) is 117 Å². The van der Waals surface area contributed by atoms with E-state index in [-0.39, 0.29) is 23.0 Å². The number of phenols is 2. The first-order valence-corrected chi connectivity index (χ1v) is 12.5. The number of hydrogen-bond donors (Lipinski definition) is 7. The maximum atomic E-state index is 12.1. The van der Waals surface area contributed by atoms with Crippen LogP contribution in [0, 0.1) is 0 Å². The van der Waals surface area contributed by atoms with Crippen molar-refractivity contribution in [3.05, 3.63) is 54.1 Å². The number of benzene rings is 2. The van der Waals surface area contributed by atoms with Gasteiger partial charge in [0.15, 0.2) is 29.5 Å². The number of aromatic hydroxyl groups is 2. The van der Waals surface area contributed by atoms with E-state index in [1.165, 1.54) is 43.5 Å². The Kier molecular flexibility index (Phi) is 9.68. The molecule has 0 aromatic heterocycles. The maximum absolute atomic E-state index is 12.1. The van der Waals surface area contributed by atoms with Gasteiger partial charge in [-0.3, -0.25) is 0 Å². The largest absolute Gasteiger partial charge is 0.508 e. The Morgan fingerprint density at radius 3 is 2.49 bits per heavy atom. The van der Waals surface area contributed by atoms with Gasteiger partial charge in [-0.15, -0.1) is 0 Å². The molecular weight excluding hydrogens is 548 g/mol. The molecule has 0 saturated carbocycles. The second-order valence-corrected chi connectivity index (χ2v) is 9.52. The summed E-state index contributed by atoms with van der Waals surface area (Å²) < 4.78 is 32.5. The molecule has 14 heteroatoms. The standard InChI is InChI=1S/C27H32O14/c1-36-18-10-16(7-8-17(18)30)39-25-23(22(33)21(32)19(11-28)40-25)41-26-24(34)27(35,13-38-26)12-37-20(31)9-4-14-2-5-15(29)6-3-14/h2-10,19,21-26,28-30,32-35H,11-13H2,1H3/b9-4+/t19-,21-,22-,23-,24+,25-,26+,27+/m1/s1. The topological polar surface area (TPSA) is 214 Å². The maximum Gasteiger partial charge on any atom is 0.330 e. The van der Waals surface area contributed by atoms with Crippen molar-refractivity contribution in [2.75, 3.05) is 26.9 Å². The zero-order valence-corrected chi connectivity index (χ0v) is 21.8. The fraction of sp³-hybridized carbons (Fsp3) is 0.444. The zero-order valence-electron chi connectivity index (χ0n) is 21.8. The summed E-state index contributed by atoms with van der Waals surface area (Å²) in [7, 11) is 1.33. The van der Waals surface area contributed by atoms with Crippen LogP contribution in [0.5, 0.6) is 23.0 Å². The van der Waals surface area contributed by atoms with E-state index in [1.54, 1.807) is 12.1 Å². The van der Waals surface area contributed by atoms with Crippen LogP contribution in [-0.2, 0) is 23.7 Å². The number of ether oxygens (including phenoxy) is 6. The van der Waals surface area contributed by atoms with Gasteiger partial charge in [0.25, 0.3) is 0 Å². The summed E-state index contributed by atoms with van der Waals surface area (Å²) in [6.45, 7) is -1.85. The first kappa shape index (κ1) is 30.5. The molecule has 0 unspecified atom stereocenters. The van der Waals surface area contributed by atoms with Crippen LogP contribution in [0.3, 0.4) is 0 Å². The molecule has 2 aliphatic heterocycles. The molecule has 0 radical (unpaired) electrons. The van der Waals surface area contributed by atoms with Gasteiger partial charge in [0, 0.05) is 12.1 Å². The van der Waals surface area contributed by atoms with E-state index in [9.17, 15) is 40.5 Å². The average Bonchev–Trinajstić information content (AvgIpc) is 3.25. The van der Waals surface area contributed by atoms with Crippen LogP contribution in [0.2, 0.25) is 0 Å². The van der Waals surface area contributed by atoms with E-state index < -0.39 is 74.5 Å². The summed E-state index contributed by atoms with van der Waals surface area (Å²) >= 11 is 0. The molecule has 0 bridgehead atoms. The number of hydrogen-bond acceptors (Lipinski definition) is 14. The van der Waals surface area contributed by atoms with E-state index in [2.05, 4.69) is 0 Å². The zero-order chi connectivity index (χ0) is 29.7. The van der Waals surface area contributed by atoms with Crippen molar-refractivity contribution in [1.82, 2.24) is 0 Å². The lowest BCUT2D eigenvalue weighted by molar-refractivity contribution is -0.318. The molecule has 8 atom stereocenters. The molecule has 224 valence electrons. The molecular formula is C27H32O14. The summed E-state index contributed by atoms with van der Waals surface area (Å²) in [5.41, 5.74) is -1.47. The molecule has 2 fully saturated rings. The fourth-order valence-electron chi connectivity index (χ4n) is 4.21. The number of esters is 1. The molecule has 2 saturated heterocycles. The number of methoxy groups -OCH3 is 1. The second-order valence-electron chi connectivity index (χ2n) is 9.52. The molecule has 14 nitrogen and oxygen atoms in total. The lowest BCUT2D eigenvalue weighted by Crippen LogP contribution is -2.62. The number of rotatable bonds is 10. The van der Waals surface area contributed by atoms with Gasteiger partial charge in [0.2, 0.25) is 6.29 Å². The molecule has 2 aromatic carbocycles. The minimum absolute atomic E-state index is 0.0624. The van der Waals surface area contributed by atoms with Gasteiger partial charge in [-0.2, -0.15) is 0 Å². The van der Waals surface area contributed by atoms with Crippen LogP contribution >= 0.6 is 0 Å². The van der Waals surface area contributed by atoms with Crippen molar-refractivity contribution >= 4 is 12.0 Å². The summed E-state index contributed by atoms with van der Waals surface area (Å²) in [4.78, 5) is 12.1. The number of aliphatic hydroxyl groups is 5. The van der Waals surface area contributed by atoms with Crippen LogP contribution in [0.15, 0.2) is 48.5 Å². The molecule has 2 aliphatic rings. The highest BCUT2D eigenvalue weighted by atomic mass is 16.8. The Hall–Kier alpha value is -3.47. The first-order valence-electron chi connectivity index (χ1n) is 12.5. The molecule has 4 rings (SSSR count). The van der Waals surface area contributed by atoms with Crippen LogP contribution < -0.4 is 9.47 Å².